The van der Waals surface area contributed by atoms with Crippen molar-refractivity contribution in [2.75, 3.05) is 0 Å². The number of hydrogen-bond acceptors (Lipinski definition) is 6. The van der Waals surface area contributed by atoms with Gasteiger partial charge in [0.05, 0.1) is 17.6 Å². The lowest BCUT2D eigenvalue weighted by molar-refractivity contribution is -0.385. The average Bonchev–Trinajstić information content (AvgIpc) is 2.79. The highest BCUT2D eigenvalue weighted by Gasteiger charge is 2.16. The van der Waals surface area contributed by atoms with Gasteiger partial charge in [-0.2, -0.15) is 4.68 Å². The second-order valence-corrected chi connectivity index (χ2v) is 4.56. The highest BCUT2D eigenvalue weighted by atomic mass is 16.6. The third kappa shape index (κ3) is 3.54. The molecule has 1 aromatic carbocycles. The molecule has 1 N–H and O–H groups in total. The van der Waals surface area contributed by atoms with Crippen molar-refractivity contribution in [2.45, 2.75) is 32.4 Å². The van der Waals surface area contributed by atoms with Crippen molar-refractivity contribution in [3.05, 3.63) is 56.4 Å². The molecule has 0 amide bonds. The van der Waals surface area contributed by atoms with Gasteiger partial charge in [0.1, 0.15) is 0 Å². The topological polar surface area (TPSA) is 111 Å². The minimum absolute atomic E-state index is 0.118. The van der Waals surface area contributed by atoms with Crippen LogP contribution in [0.1, 0.15) is 30.9 Å². The summed E-state index contributed by atoms with van der Waals surface area (Å²) in [5.74, 6) is -0.336. The van der Waals surface area contributed by atoms with E-state index < -0.39 is 16.8 Å². The van der Waals surface area contributed by atoms with E-state index in [2.05, 4.69) is 5.10 Å². The third-order valence-electron chi connectivity index (χ3n) is 2.92. The van der Waals surface area contributed by atoms with E-state index in [1.165, 1.54) is 18.2 Å². The molecular formula is C13H15N3O5. The number of rotatable bonds is 6. The van der Waals surface area contributed by atoms with Gasteiger partial charge in [-0.1, -0.05) is 19.1 Å². The van der Waals surface area contributed by atoms with Gasteiger partial charge in [-0.3, -0.25) is 10.1 Å². The summed E-state index contributed by atoms with van der Waals surface area (Å²) in [5.41, 5.74) is 0.224. The van der Waals surface area contributed by atoms with E-state index in [1.54, 1.807) is 6.07 Å². The fourth-order valence-corrected chi connectivity index (χ4v) is 1.89. The maximum Gasteiger partial charge on any atom is 0.437 e. The number of non-ortho nitro benzene ring substituents is 1. The molecule has 0 spiro atoms. The first kappa shape index (κ1) is 14.9. The maximum absolute atomic E-state index is 11.6. The molecule has 0 unspecified atom stereocenters. The summed E-state index contributed by atoms with van der Waals surface area (Å²) in [4.78, 5) is 21.7. The van der Waals surface area contributed by atoms with Gasteiger partial charge in [0.2, 0.25) is 5.89 Å². The zero-order valence-corrected chi connectivity index (χ0v) is 11.4. The molecular weight excluding hydrogens is 278 g/mol. The molecule has 0 radical (unpaired) electrons. The number of nitrogens with zero attached hydrogens (tertiary/aromatic N) is 3. The molecule has 1 aromatic heterocycles. The SMILES string of the molecule is CCCc1nn(C[C@H](O)c2cccc([N+](=O)[O-])c2)c(=O)o1. The van der Waals surface area contributed by atoms with E-state index in [-0.39, 0.29) is 12.2 Å². The van der Waals surface area contributed by atoms with E-state index in [1.807, 2.05) is 6.92 Å². The van der Waals surface area contributed by atoms with Crippen LogP contribution >= 0.6 is 0 Å². The van der Waals surface area contributed by atoms with Crippen molar-refractivity contribution in [1.29, 1.82) is 0 Å². The van der Waals surface area contributed by atoms with Crippen molar-refractivity contribution >= 4 is 5.69 Å². The molecule has 0 saturated heterocycles. The minimum Gasteiger partial charge on any atom is -0.392 e. The summed E-state index contributed by atoms with van der Waals surface area (Å²) in [6, 6.07) is 5.63. The van der Waals surface area contributed by atoms with Gasteiger partial charge >= 0.3 is 5.76 Å². The van der Waals surface area contributed by atoms with Crippen molar-refractivity contribution in [3.8, 4) is 0 Å². The molecule has 2 aromatic rings. The highest BCUT2D eigenvalue weighted by Crippen LogP contribution is 2.20. The second-order valence-electron chi connectivity index (χ2n) is 4.56. The lowest BCUT2D eigenvalue weighted by atomic mass is 10.1. The number of nitro benzene ring substituents is 1. The monoisotopic (exact) mass is 293 g/mol. The Morgan fingerprint density at radius 2 is 2.29 bits per heavy atom. The molecule has 8 heteroatoms. The maximum atomic E-state index is 11.6. The first-order valence-electron chi connectivity index (χ1n) is 6.50. The van der Waals surface area contributed by atoms with Crippen LogP contribution in [0.2, 0.25) is 0 Å². The highest BCUT2D eigenvalue weighted by molar-refractivity contribution is 5.35. The van der Waals surface area contributed by atoms with Gasteiger partial charge in [0.15, 0.2) is 0 Å². The zero-order valence-electron chi connectivity index (χ0n) is 11.4. The van der Waals surface area contributed by atoms with E-state index in [0.717, 1.165) is 11.1 Å². The van der Waals surface area contributed by atoms with E-state index in [9.17, 15) is 20.0 Å². The Morgan fingerprint density at radius 3 is 2.95 bits per heavy atom. The van der Waals surface area contributed by atoms with Gasteiger partial charge in [0, 0.05) is 18.6 Å². The summed E-state index contributed by atoms with van der Waals surface area (Å²) in [6.45, 7) is 1.81. The number of hydrogen-bond donors (Lipinski definition) is 1. The summed E-state index contributed by atoms with van der Waals surface area (Å²) in [7, 11) is 0. The molecule has 0 aliphatic carbocycles. The minimum atomic E-state index is -1.08. The number of aliphatic hydroxyl groups is 1. The quantitative estimate of drug-likeness (QED) is 0.637. The number of benzene rings is 1. The Balaban J connectivity index is 2.17. The van der Waals surface area contributed by atoms with Gasteiger partial charge in [-0.15, -0.1) is 5.10 Å². The molecule has 0 aliphatic rings. The van der Waals surface area contributed by atoms with Crippen LogP contribution in [-0.4, -0.2) is 19.8 Å². The van der Waals surface area contributed by atoms with Crippen LogP contribution < -0.4 is 5.76 Å². The van der Waals surface area contributed by atoms with Crippen LogP contribution in [0.3, 0.4) is 0 Å². The van der Waals surface area contributed by atoms with Gasteiger partial charge in [-0.05, 0) is 12.0 Å². The van der Waals surface area contributed by atoms with E-state index >= 15 is 0 Å². The lowest BCUT2D eigenvalue weighted by Crippen LogP contribution is -2.20. The molecule has 1 atom stereocenters. The normalized spacial score (nSPS) is 12.3. The summed E-state index contributed by atoms with van der Waals surface area (Å²) < 4.78 is 5.95. The van der Waals surface area contributed by atoms with Crippen molar-refractivity contribution in [2.24, 2.45) is 0 Å². The average molecular weight is 293 g/mol. The number of aryl methyl sites for hydroxylation is 1. The van der Waals surface area contributed by atoms with Crippen molar-refractivity contribution in [1.82, 2.24) is 9.78 Å². The predicted octanol–water partition coefficient (Wildman–Crippen LogP) is 1.43. The Bertz CT molecular complexity index is 691. The fourth-order valence-electron chi connectivity index (χ4n) is 1.89. The molecule has 112 valence electrons. The standard InChI is InChI=1S/C13H15N3O5/c1-2-4-12-14-15(13(18)21-12)8-11(17)9-5-3-6-10(7-9)16(19)20/h3,5-7,11,17H,2,4,8H2,1H3/t11-/m0/s1. The van der Waals surface area contributed by atoms with E-state index in [0.29, 0.717) is 17.9 Å². The van der Waals surface area contributed by atoms with Crippen molar-refractivity contribution < 1.29 is 14.4 Å². The molecule has 2 rings (SSSR count). The molecule has 0 saturated carbocycles. The molecule has 0 aliphatic heterocycles. The first-order valence-corrected chi connectivity index (χ1v) is 6.50. The molecule has 21 heavy (non-hydrogen) atoms. The lowest BCUT2D eigenvalue weighted by Gasteiger charge is -2.09. The second kappa shape index (κ2) is 6.31. The van der Waals surface area contributed by atoms with E-state index in [4.69, 9.17) is 4.42 Å². The molecule has 1 heterocycles. The largest absolute Gasteiger partial charge is 0.437 e. The zero-order chi connectivity index (χ0) is 15.4. The smallest absolute Gasteiger partial charge is 0.392 e. The summed E-state index contributed by atoms with van der Waals surface area (Å²) in [6.07, 6.45) is 0.241. The number of nitro groups is 1. The molecule has 0 bridgehead atoms. The molecule has 0 fully saturated rings. The first-order chi connectivity index (χ1) is 10.0. The van der Waals surface area contributed by atoms with Gasteiger partial charge in [-0.25, -0.2) is 4.79 Å². The molecule has 8 nitrogen and oxygen atoms in total. The summed E-state index contributed by atoms with van der Waals surface area (Å²) >= 11 is 0. The van der Waals surface area contributed by atoms with Crippen molar-refractivity contribution in [3.63, 3.8) is 0 Å². The van der Waals surface area contributed by atoms with Crippen LogP contribution in [0.4, 0.5) is 5.69 Å². The Kier molecular flexibility index (Phi) is 4.49. The number of aromatic nitrogens is 2. The Hall–Kier alpha value is -2.48. The van der Waals surface area contributed by atoms with Gasteiger partial charge in [0.25, 0.3) is 5.69 Å². The number of aliphatic hydroxyl groups excluding tert-OH is 1. The van der Waals surface area contributed by atoms with Crippen LogP contribution in [-0.2, 0) is 13.0 Å². The van der Waals surface area contributed by atoms with Crippen LogP contribution in [0.5, 0.6) is 0 Å². The fraction of sp³-hybridized carbons (Fsp3) is 0.385. The Morgan fingerprint density at radius 1 is 1.52 bits per heavy atom. The van der Waals surface area contributed by atoms with Crippen LogP contribution in [0, 0.1) is 10.1 Å². The predicted molar refractivity (Wildman–Crippen MR) is 72.8 cm³/mol. The third-order valence-corrected chi connectivity index (χ3v) is 2.92. The van der Waals surface area contributed by atoms with Crippen LogP contribution in [0.25, 0.3) is 0 Å². The Labute approximate surface area is 119 Å². The van der Waals surface area contributed by atoms with Gasteiger partial charge < -0.3 is 9.52 Å². The van der Waals surface area contributed by atoms with Crippen LogP contribution in [0.15, 0.2) is 33.5 Å². The summed E-state index contributed by atoms with van der Waals surface area (Å²) in [5, 5.41) is 24.8.